The average Bonchev–Trinajstić information content (AvgIpc) is 2.41. The van der Waals surface area contributed by atoms with E-state index in [1.807, 2.05) is 24.3 Å². The van der Waals surface area contributed by atoms with E-state index in [0.29, 0.717) is 0 Å². The highest BCUT2D eigenvalue weighted by Crippen LogP contribution is 2.31. The molecule has 0 bridgehead atoms. The second kappa shape index (κ2) is 5.54. The SMILES string of the molecule is COc1cccc(C(C#N)=C2CCCCC2)c1. The molecule has 2 rings (SSSR count). The van der Waals surface area contributed by atoms with Gasteiger partial charge in [-0.2, -0.15) is 5.26 Å². The van der Waals surface area contributed by atoms with Gasteiger partial charge in [-0.3, -0.25) is 0 Å². The minimum Gasteiger partial charge on any atom is -0.497 e. The first kappa shape index (κ1) is 11.7. The molecule has 0 spiro atoms. The molecule has 1 fully saturated rings. The molecular formula is C15H17NO. The van der Waals surface area contributed by atoms with Crippen LogP contribution in [0.5, 0.6) is 5.75 Å². The van der Waals surface area contributed by atoms with E-state index in [1.165, 1.54) is 24.8 Å². The summed E-state index contributed by atoms with van der Waals surface area (Å²) < 4.78 is 5.20. The maximum Gasteiger partial charge on any atom is 0.119 e. The summed E-state index contributed by atoms with van der Waals surface area (Å²) in [5.41, 5.74) is 3.15. The fraction of sp³-hybridized carbons (Fsp3) is 0.400. The predicted molar refractivity (Wildman–Crippen MR) is 68.6 cm³/mol. The summed E-state index contributed by atoms with van der Waals surface area (Å²) in [5, 5.41) is 9.35. The molecular weight excluding hydrogens is 210 g/mol. The molecule has 0 radical (unpaired) electrons. The summed E-state index contributed by atoms with van der Waals surface area (Å²) >= 11 is 0. The number of benzene rings is 1. The number of methoxy groups -OCH3 is 1. The van der Waals surface area contributed by atoms with Crippen LogP contribution < -0.4 is 4.74 Å². The van der Waals surface area contributed by atoms with Gasteiger partial charge < -0.3 is 4.74 Å². The molecule has 1 aromatic rings. The average molecular weight is 227 g/mol. The van der Waals surface area contributed by atoms with Crippen molar-refractivity contribution in [1.29, 1.82) is 5.26 Å². The lowest BCUT2D eigenvalue weighted by molar-refractivity contribution is 0.414. The monoisotopic (exact) mass is 227 g/mol. The maximum absolute atomic E-state index is 9.35. The largest absolute Gasteiger partial charge is 0.497 e. The molecule has 0 heterocycles. The molecule has 0 aliphatic heterocycles. The van der Waals surface area contributed by atoms with E-state index < -0.39 is 0 Å². The smallest absolute Gasteiger partial charge is 0.119 e. The Morgan fingerprint density at radius 1 is 1.24 bits per heavy atom. The van der Waals surface area contributed by atoms with Gasteiger partial charge in [0, 0.05) is 0 Å². The van der Waals surface area contributed by atoms with Gasteiger partial charge in [0.15, 0.2) is 0 Å². The molecule has 17 heavy (non-hydrogen) atoms. The third kappa shape index (κ3) is 2.68. The Balaban J connectivity index is 2.37. The van der Waals surface area contributed by atoms with E-state index >= 15 is 0 Å². The molecule has 0 atom stereocenters. The Kier molecular flexibility index (Phi) is 3.82. The first-order chi connectivity index (χ1) is 8.35. The molecule has 0 unspecified atom stereocenters. The van der Waals surface area contributed by atoms with Crippen LogP contribution in [0, 0.1) is 11.3 Å². The van der Waals surface area contributed by atoms with E-state index in [2.05, 4.69) is 6.07 Å². The van der Waals surface area contributed by atoms with Gasteiger partial charge in [0.1, 0.15) is 5.75 Å². The Bertz CT molecular complexity index is 460. The van der Waals surface area contributed by atoms with Crippen molar-refractivity contribution in [2.45, 2.75) is 32.1 Å². The minimum absolute atomic E-state index is 0.812. The maximum atomic E-state index is 9.35. The fourth-order valence-corrected chi connectivity index (χ4v) is 2.35. The first-order valence-electron chi connectivity index (χ1n) is 6.11. The Morgan fingerprint density at radius 2 is 2.00 bits per heavy atom. The highest BCUT2D eigenvalue weighted by molar-refractivity contribution is 5.80. The normalized spacial score (nSPS) is 15.2. The summed E-state index contributed by atoms with van der Waals surface area (Å²) in [5.74, 6) is 0.812. The van der Waals surface area contributed by atoms with Crippen LogP contribution in [-0.4, -0.2) is 7.11 Å². The van der Waals surface area contributed by atoms with Gasteiger partial charge in [-0.15, -0.1) is 0 Å². The second-order valence-corrected chi connectivity index (χ2v) is 4.38. The molecule has 1 aliphatic carbocycles. The minimum atomic E-state index is 0.812. The summed E-state index contributed by atoms with van der Waals surface area (Å²) in [4.78, 5) is 0. The molecule has 1 aliphatic rings. The summed E-state index contributed by atoms with van der Waals surface area (Å²) in [6, 6.07) is 10.1. The van der Waals surface area contributed by atoms with Crippen molar-refractivity contribution in [2.24, 2.45) is 0 Å². The summed E-state index contributed by atoms with van der Waals surface area (Å²) in [6.45, 7) is 0. The number of hydrogen-bond acceptors (Lipinski definition) is 2. The predicted octanol–water partition coefficient (Wildman–Crippen LogP) is 3.94. The van der Waals surface area contributed by atoms with Crippen LogP contribution in [0.1, 0.15) is 37.7 Å². The lowest BCUT2D eigenvalue weighted by atomic mass is 9.89. The lowest BCUT2D eigenvalue weighted by Gasteiger charge is -2.16. The second-order valence-electron chi connectivity index (χ2n) is 4.38. The van der Waals surface area contributed by atoms with E-state index in [4.69, 9.17) is 4.74 Å². The highest BCUT2D eigenvalue weighted by Gasteiger charge is 2.13. The molecule has 0 amide bonds. The zero-order valence-electron chi connectivity index (χ0n) is 10.2. The zero-order chi connectivity index (χ0) is 12.1. The van der Waals surface area contributed by atoms with Crippen molar-refractivity contribution >= 4 is 5.57 Å². The van der Waals surface area contributed by atoms with Crippen molar-refractivity contribution in [3.8, 4) is 11.8 Å². The Labute approximate surface area is 103 Å². The molecule has 2 nitrogen and oxygen atoms in total. The quantitative estimate of drug-likeness (QED) is 0.717. The van der Waals surface area contributed by atoms with Crippen LogP contribution in [0.4, 0.5) is 0 Å². The lowest BCUT2D eigenvalue weighted by Crippen LogP contribution is -1.98. The van der Waals surface area contributed by atoms with Gasteiger partial charge in [0.25, 0.3) is 0 Å². The first-order valence-corrected chi connectivity index (χ1v) is 6.11. The molecule has 88 valence electrons. The van der Waals surface area contributed by atoms with Gasteiger partial charge in [-0.25, -0.2) is 0 Å². The number of rotatable bonds is 2. The molecule has 0 aromatic heterocycles. The van der Waals surface area contributed by atoms with Gasteiger partial charge in [-0.1, -0.05) is 24.1 Å². The molecule has 0 N–H and O–H groups in total. The topological polar surface area (TPSA) is 33.0 Å². The Hall–Kier alpha value is -1.75. The molecule has 0 saturated heterocycles. The molecule has 1 aromatic carbocycles. The molecule has 1 saturated carbocycles. The van der Waals surface area contributed by atoms with E-state index in [-0.39, 0.29) is 0 Å². The summed E-state index contributed by atoms with van der Waals surface area (Å²) in [7, 11) is 1.65. The van der Waals surface area contributed by atoms with Gasteiger partial charge in [-0.05, 0) is 43.4 Å². The number of ether oxygens (including phenoxy) is 1. The third-order valence-electron chi connectivity index (χ3n) is 3.28. The van der Waals surface area contributed by atoms with Crippen molar-refractivity contribution in [3.63, 3.8) is 0 Å². The fourth-order valence-electron chi connectivity index (χ4n) is 2.35. The van der Waals surface area contributed by atoms with Crippen LogP contribution in [0.15, 0.2) is 29.8 Å². The van der Waals surface area contributed by atoms with E-state index in [1.54, 1.807) is 7.11 Å². The van der Waals surface area contributed by atoms with Crippen LogP contribution >= 0.6 is 0 Å². The number of nitriles is 1. The number of hydrogen-bond donors (Lipinski definition) is 0. The van der Waals surface area contributed by atoms with Crippen LogP contribution in [-0.2, 0) is 0 Å². The highest BCUT2D eigenvalue weighted by atomic mass is 16.5. The van der Waals surface area contributed by atoms with Gasteiger partial charge in [0.05, 0.1) is 18.8 Å². The standard InChI is InChI=1S/C15H17NO/c1-17-14-9-5-8-13(10-14)15(11-16)12-6-3-2-4-7-12/h5,8-10H,2-4,6-7H2,1H3. The van der Waals surface area contributed by atoms with Crippen molar-refractivity contribution in [1.82, 2.24) is 0 Å². The van der Waals surface area contributed by atoms with E-state index in [9.17, 15) is 5.26 Å². The zero-order valence-corrected chi connectivity index (χ0v) is 10.2. The van der Waals surface area contributed by atoms with Crippen LogP contribution in [0.2, 0.25) is 0 Å². The molecule has 2 heteroatoms. The van der Waals surface area contributed by atoms with Crippen molar-refractivity contribution in [3.05, 3.63) is 35.4 Å². The number of allylic oxidation sites excluding steroid dienone is 2. The summed E-state index contributed by atoms with van der Waals surface area (Å²) in [6.07, 6.45) is 5.86. The Morgan fingerprint density at radius 3 is 2.65 bits per heavy atom. The van der Waals surface area contributed by atoms with Crippen LogP contribution in [0.25, 0.3) is 5.57 Å². The van der Waals surface area contributed by atoms with Gasteiger partial charge >= 0.3 is 0 Å². The third-order valence-corrected chi connectivity index (χ3v) is 3.28. The van der Waals surface area contributed by atoms with Crippen molar-refractivity contribution < 1.29 is 4.74 Å². The number of nitrogens with zero attached hydrogens (tertiary/aromatic N) is 1. The van der Waals surface area contributed by atoms with Crippen LogP contribution in [0.3, 0.4) is 0 Å². The van der Waals surface area contributed by atoms with E-state index in [0.717, 1.165) is 29.7 Å². The van der Waals surface area contributed by atoms with Crippen molar-refractivity contribution in [2.75, 3.05) is 7.11 Å². The van der Waals surface area contributed by atoms with Gasteiger partial charge in [0.2, 0.25) is 0 Å².